The molecule has 0 fully saturated rings. The van der Waals surface area contributed by atoms with E-state index in [4.69, 9.17) is 5.73 Å². The van der Waals surface area contributed by atoms with Crippen LogP contribution in [0.2, 0.25) is 0 Å². The average molecular weight is 312 g/mol. The third-order valence-corrected chi connectivity index (χ3v) is 4.98. The summed E-state index contributed by atoms with van der Waals surface area (Å²) in [6.07, 6.45) is 16.9. The molecule has 0 saturated heterocycles. The monoisotopic (exact) mass is 312 g/mol. The van der Waals surface area contributed by atoms with E-state index in [2.05, 4.69) is 30.5 Å². The van der Waals surface area contributed by atoms with Crippen LogP contribution in [0.4, 0.5) is 0 Å². The zero-order chi connectivity index (χ0) is 16.4. The quantitative estimate of drug-likeness (QED) is 0.746. The smallest absolute Gasteiger partial charge is 0.311 e. The summed E-state index contributed by atoms with van der Waals surface area (Å²) in [7, 11) is 0. The SMILES string of the molecule is CC(NC1CC=CC2=C1C(N)=CCC2)C1C=CC=CC1C(=O)O. The molecule has 0 aromatic rings. The second-order valence-electron chi connectivity index (χ2n) is 6.49. The van der Waals surface area contributed by atoms with Crippen molar-refractivity contribution in [2.24, 2.45) is 17.6 Å². The number of allylic oxidation sites excluding steroid dienone is 5. The highest BCUT2D eigenvalue weighted by atomic mass is 16.4. The molecule has 0 aliphatic heterocycles. The molecule has 3 aliphatic rings. The topological polar surface area (TPSA) is 75.3 Å². The van der Waals surface area contributed by atoms with E-state index in [1.54, 1.807) is 6.08 Å². The van der Waals surface area contributed by atoms with Gasteiger partial charge in [-0.2, -0.15) is 0 Å². The van der Waals surface area contributed by atoms with E-state index < -0.39 is 11.9 Å². The third kappa shape index (κ3) is 3.17. The lowest BCUT2D eigenvalue weighted by Crippen LogP contribution is -2.46. The molecule has 3 rings (SSSR count). The average Bonchev–Trinajstić information content (AvgIpc) is 2.55. The summed E-state index contributed by atoms with van der Waals surface area (Å²) in [6.45, 7) is 2.06. The van der Waals surface area contributed by atoms with Crippen molar-refractivity contribution in [3.05, 3.63) is 59.4 Å². The molecule has 4 N–H and O–H groups in total. The first-order valence-corrected chi connectivity index (χ1v) is 8.27. The minimum Gasteiger partial charge on any atom is -0.481 e. The van der Waals surface area contributed by atoms with E-state index in [1.807, 2.05) is 18.2 Å². The number of rotatable bonds is 4. The molecule has 0 amide bonds. The van der Waals surface area contributed by atoms with Crippen LogP contribution in [0.1, 0.15) is 26.2 Å². The summed E-state index contributed by atoms with van der Waals surface area (Å²) in [6, 6.07) is 0.215. The first-order valence-electron chi connectivity index (χ1n) is 8.27. The van der Waals surface area contributed by atoms with Gasteiger partial charge in [0.15, 0.2) is 0 Å². The number of nitrogens with two attached hydrogens (primary N) is 1. The molecule has 3 aliphatic carbocycles. The fourth-order valence-electron chi connectivity index (χ4n) is 3.80. The predicted molar refractivity (Wildman–Crippen MR) is 91.6 cm³/mol. The molecule has 0 heterocycles. The Hall–Kier alpha value is -2.07. The van der Waals surface area contributed by atoms with Crippen LogP contribution in [0.25, 0.3) is 0 Å². The second kappa shape index (κ2) is 6.59. The number of hydrogen-bond acceptors (Lipinski definition) is 3. The highest BCUT2D eigenvalue weighted by Gasteiger charge is 2.32. The Morgan fingerprint density at radius 2 is 2.17 bits per heavy atom. The first-order chi connectivity index (χ1) is 11.1. The molecular weight excluding hydrogens is 288 g/mol. The zero-order valence-electron chi connectivity index (χ0n) is 13.4. The van der Waals surface area contributed by atoms with Gasteiger partial charge in [-0.15, -0.1) is 0 Å². The molecular formula is C19H24N2O2. The van der Waals surface area contributed by atoms with Crippen LogP contribution < -0.4 is 11.1 Å². The summed E-state index contributed by atoms with van der Waals surface area (Å²) in [5.41, 5.74) is 9.61. The van der Waals surface area contributed by atoms with Gasteiger partial charge in [0.1, 0.15) is 0 Å². The molecule has 4 heteroatoms. The number of nitrogens with one attached hydrogen (secondary N) is 1. The van der Waals surface area contributed by atoms with Crippen molar-refractivity contribution in [1.82, 2.24) is 5.32 Å². The molecule has 0 aromatic heterocycles. The highest BCUT2D eigenvalue weighted by molar-refractivity contribution is 5.73. The number of carboxylic acids is 1. The Labute approximate surface area is 137 Å². The van der Waals surface area contributed by atoms with E-state index in [-0.39, 0.29) is 18.0 Å². The molecule has 0 saturated carbocycles. The summed E-state index contributed by atoms with van der Waals surface area (Å²) in [5.74, 6) is -1.31. The summed E-state index contributed by atoms with van der Waals surface area (Å²) < 4.78 is 0. The first kappa shape index (κ1) is 15.8. The van der Waals surface area contributed by atoms with Gasteiger partial charge in [-0.25, -0.2) is 0 Å². The van der Waals surface area contributed by atoms with Crippen molar-refractivity contribution >= 4 is 5.97 Å². The Morgan fingerprint density at radius 3 is 2.96 bits per heavy atom. The summed E-state index contributed by atoms with van der Waals surface area (Å²) >= 11 is 0. The van der Waals surface area contributed by atoms with Crippen LogP contribution in [-0.4, -0.2) is 23.2 Å². The molecule has 0 aromatic carbocycles. The van der Waals surface area contributed by atoms with Crippen molar-refractivity contribution in [3.63, 3.8) is 0 Å². The van der Waals surface area contributed by atoms with Crippen LogP contribution >= 0.6 is 0 Å². The van der Waals surface area contributed by atoms with Gasteiger partial charge < -0.3 is 16.2 Å². The van der Waals surface area contributed by atoms with Gasteiger partial charge in [-0.3, -0.25) is 4.79 Å². The molecule has 4 atom stereocenters. The van der Waals surface area contributed by atoms with Crippen molar-refractivity contribution in [2.75, 3.05) is 0 Å². The standard InChI is InChI=1S/C19H24N2O2/c1-12(14-8-2-3-9-15(14)19(22)23)21-17-11-5-7-13-6-4-10-16(20)18(13)17/h2-3,5,7-10,12,14-15,17,21H,4,6,11,20H2,1H3,(H,22,23). The maximum atomic E-state index is 11.5. The summed E-state index contributed by atoms with van der Waals surface area (Å²) in [5, 5.41) is 13.1. The lowest BCUT2D eigenvalue weighted by Gasteiger charge is -2.35. The van der Waals surface area contributed by atoms with Crippen LogP contribution in [0, 0.1) is 11.8 Å². The number of carboxylic acid groups (broad SMARTS) is 1. The fraction of sp³-hybridized carbons (Fsp3) is 0.421. The molecule has 122 valence electrons. The Balaban J connectivity index is 1.76. The van der Waals surface area contributed by atoms with Gasteiger partial charge in [0.05, 0.1) is 5.92 Å². The van der Waals surface area contributed by atoms with Crippen molar-refractivity contribution in [1.29, 1.82) is 0 Å². The minimum atomic E-state index is -0.773. The van der Waals surface area contributed by atoms with Crippen molar-refractivity contribution < 1.29 is 9.90 Å². The van der Waals surface area contributed by atoms with Crippen LogP contribution in [0.3, 0.4) is 0 Å². The van der Waals surface area contributed by atoms with Gasteiger partial charge in [-0.1, -0.05) is 42.5 Å². The normalized spacial score (nSPS) is 30.8. The number of aliphatic carboxylic acids is 1. The predicted octanol–water partition coefficient (Wildman–Crippen LogP) is 2.67. The lowest BCUT2D eigenvalue weighted by atomic mass is 9.81. The largest absolute Gasteiger partial charge is 0.481 e. The Bertz CT molecular complexity index is 640. The van der Waals surface area contributed by atoms with Gasteiger partial charge >= 0.3 is 5.97 Å². The fourth-order valence-corrected chi connectivity index (χ4v) is 3.80. The van der Waals surface area contributed by atoms with Crippen LogP contribution in [0.15, 0.2) is 59.4 Å². The van der Waals surface area contributed by atoms with Gasteiger partial charge in [0.2, 0.25) is 0 Å². The van der Waals surface area contributed by atoms with Crippen LogP contribution in [0.5, 0.6) is 0 Å². The van der Waals surface area contributed by atoms with E-state index in [1.165, 1.54) is 11.1 Å². The maximum Gasteiger partial charge on any atom is 0.311 e. The van der Waals surface area contributed by atoms with Crippen molar-refractivity contribution in [3.8, 4) is 0 Å². The molecule has 4 unspecified atom stereocenters. The lowest BCUT2D eigenvalue weighted by molar-refractivity contribution is -0.141. The maximum absolute atomic E-state index is 11.5. The highest BCUT2D eigenvalue weighted by Crippen LogP contribution is 2.32. The van der Waals surface area contributed by atoms with Gasteiger partial charge in [0, 0.05) is 23.7 Å². The van der Waals surface area contributed by atoms with E-state index in [0.29, 0.717) is 0 Å². The minimum absolute atomic E-state index is 0.0530. The molecule has 23 heavy (non-hydrogen) atoms. The van der Waals surface area contributed by atoms with Gasteiger partial charge in [0.25, 0.3) is 0 Å². The van der Waals surface area contributed by atoms with E-state index in [0.717, 1.165) is 25.0 Å². The second-order valence-corrected chi connectivity index (χ2v) is 6.49. The Kier molecular flexibility index (Phi) is 4.53. The molecule has 0 spiro atoms. The number of carbonyl (C=O) groups is 1. The molecule has 0 radical (unpaired) electrons. The van der Waals surface area contributed by atoms with E-state index in [9.17, 15) is 9.90 Å². The van der Waals surface area contributed by atoms with Crippen molar-refractivity contribution in [2.45, 2.75) is 38.3 Å². The molecule has 4 nitrogen and oxygen atoms in total. The summed E-state index contributed by atoms with van der Waals surface area (Å²) in [4.78, 5) is 11.5. The zero-order valence-corrected chi connectivity index (χ0v) is 13.4. The van der Waals surface area contributed by atoms with Gasteiger partial charge in [-0.05, 0) is 37.3 Å². The van der Waals surface area contributed by atoms with Crippen LogP contribution in [-0.2, 0) is 4.79 Å². The Morgan fingerprint density at radius 1 is 1.39 bits per heavy atom. The third-order valence-electron chi connectivity index (χ3n) is 4.98. The number of hydrogen-bond donors (Lipinski definition) is 3. The van der Waals surface area contributed by atoms with E-state index >= 15 is 0 Å². The molecule has 0 bridgehead atoms.